The molecule has 0 bridgehead atoms. The van der Waals surface area contributed by atoms with E-state index in [1.807, 2.05) is 0 Å². The Morgan fingerprint density at radius 2 is 0.875 bits per heavy atom. The summed E-state index contributed by atoms with van der Waals surface area (Å²) in [5, 5.41) is 15.7. The molecular weight excluding hydrogens is 781 g/mol. The largest absolute Gasteiger partial charge is 0.455 e. The molecular formula is C59H34N4O. The van der Waals surface area contributed by atoms with E-state index in [1.54, 1.807) is 0 Å². The number of hydrogen-bond acceptors (Lipinski definition) is 4. The quantitative estimate of drug-likeness (QED) is 0.166. The van der Waals surface area contributed by atoms with Crippen LogP contribution < -0.4 is 0 Å². The Labute approximate surface area is 366 Å². The molecule has 11 aromatic carbocycles. The molecule has 0 aliphatic heterocycles. The molecule has 0 saturated carbocycles. The van der Waals surface area contributed by atoms with E-state index in [2.05, 4.69) is 211 Å². The molecule has 14 rings (SSSR count). The maximum Gasteiger partial charge on any atom is 0.166 e. The summed E-state index contributed by atoms with van der Waals surface area (Å²) in [4.78, 5) is 16.5. The Morgan fingerprint density at radius 3 is 1.67 bits per heavy atom. The summed E-state index contributed by atoms with van der Waals surface area (Å²) < 4.78 is 9.33. The zero-order chi connectivity index (χ0) is 41.9. The summed E-state index contributed by atoms with van der Waals surface area (Å²) in [5.41, 5.74) is 7.51. The maximum atomic E-state index is 6.95. The zero-order valence-electron chi connectivity index (χ0n) is 34.3. The van der Waals surface area contributed by atoms with Gasteiger partial charge in [0, 0.05) is 49.7 Å². The Hall–Kier alpha value is -8.67. The molecule has 0 fully saturated rings. The van der Waals surface area contributed by atoms with Gasteiger partial charge in [-0.25, -0.2) is 15.0 Å². The molecule has 5 heteroatoms. The number of nitrogens with zero attached hydrogens (tertiary/aromatic N) is 4. The minimum atomic E-state index is 0.573. The second kappa shape index (κ2) is 13.4. The highest BCUT2D eigenvalue weighted by Crippen LogP contribution is 2.44. The number of para-hydroxylation sites is 1. The number of aromatic nitrogens is 4. The third-order valence-electron chi connectivity index (χ3n) is 13.2. The lowest BCUT2D eigenvalue weighted by atomic mass is 9.96. The Kier molecular flexibility index (Phi) is 7.33. The maximum absolute atomic E-state index is 6.95. The summed E-state index contributed by atoms with van der Waals surface area (Å²) in [7, 11) is 0. The topological polar surface area (TPSA) is 56.7 Å². The first-order valence-corrected chi connectivity index (χ1v) is 21.7. The Morgan fingerprint density at radius 1 is 0.297 bits per heavy atom. The Bertz CT molecular complexity index is 4270. The number of rotatable bonds is 4. The molecule has 0 aliphatic rings. The smallest absolute Gasteiger partial charge is 0.166 e. The van der Waals surface area contributed by atoms with Gasteiger partial charge in [0.1, 0.15) is 11.2 Å². The molecule has 0 atom stereocenters. The van der Waals surface area contributed by atoms with Crippen molar-refractivity contribution in [3.05, 3.63) is 206 Å². The fourth-order valence-corrected chi connectivity index (χ4v) is 10.2. The van der Waals surface area contributed by atoms with Gasteiger partial charge in [-0.15, -0.1) is 0 Å². The lowest BCUT2D eigenvalue weighted by Gasteiger charge is -2.16. The third-order valence-corrected chi connectivity index (χ3v) is 13.2. The van der Waals surface area contributed by atoms with Crippen LogP contribution in [0.5, 0.6) is 0 Å². The van der Waals surface area contributed by atoms with Crippen molar-refractivity contribution in [2.45, 2.75) is 0 Å². The van der Waals surface area contributed by atoms with Crippen LogP contribution in [-0.2, 0) is 0 Å². The van der Waals surface area contributed by atoms with Gasteiger partial charge in [0.05, 0.1) is 16.7 Å². The minimum Gasteiger partial charge on any atom is -0.455 e. The van der Waals surface area contributed by atoms with Crippen molar-refractivity contribution >= 4 is 97.6 Å². The Balaban J connectivity index is 1.15. The highest BCUT2D eigenvalue weighted by atomic mass is 16.3. The van der Waals surface area contributed by atoms with Crippen molar-refractivity contribution < 1.29 is 4.42 Å². The molecule has 0 amide bonds. The first-order chi connectivity index (χ1) is 31.7. The van der Waals surface area contributed by atoms with Gasteiger partial charge in [-0.1, -0.05) is 164 Å². The van der Waals surface area contributed by atoms with Crippen molar-refractivity contribution in [1.29, 1.82) is 0 Å². The van der Waals surface area contributed by atoms with Gasteiger partial charge in [-0.3, -0.25) is 0 Å². The molecule has 0 saturated heterocycles. The highest BCUT2D eigenvalue weighted by molar-refractivity contribution is 6.18. The summed E-state index contributed by atoms with van der Waals surface area (Å²) in [5.74, 6) is 1.79. The summed E-state index contributed by atoms with van der Waals surface area (Å²) >= 11 is 0. The highest BCUT2D eigenvalue weighted by Gasteiger charge is 2.24. The fourth-order valence-electron chi connectivity index (χ4n) is 10.2. The molecule has 0 aliphatic carbocycles. The standard InChI is InChI=1S/C59H34N4O/c1-2-17-38-32-53-48(30-37(38)16-1)45-25-11-12-27-52(45)63(53)54-34-55-49(46-29-28-36-15-4-8-22-42(36)56(46)64-55)33-51(54)59-61-57(47-26-13-19-35-14-3-6-20-40(35)47)60-58(62-59)50-31-39-18-5-7-21-41(39)43-23-9-10-24-44(43)50/h1-34H. The van der Waals surface area contributed by atoms with Crippen LogP contribution in [0.4, 0.5) is 0 Å². The normalized spacial score (nSPS) is 12.1. The van der Waals surface area contributed by atoms with Crippen LogP contribution in [0.15, 0.2) is 211 Å². The molecule has 0 N–H and O–H groups in total. The van der Waals surface area contributed by atoms with E-state index in [4.69, 9.17) is 19.4 Å². The SMILES string of the molecule is c1ccc2cc3c(cc2c1)c1ccccc1n3-c1cc2oc3c4ccccc4ccc3c2cc1-c1nc(-c2cccc3ccccc23)nc(-c2cc3ccccc3c3ccccc23)n1. The number of benzene rings is 11. The number of hydrogen-bond donors (Lipinski definition) is 0. The van der Waals surface area contributed by atoms with Crippen molar-refractivity contribution in [1.82, 2.24) is 19.5 Å². The van der Waals surface area contributed by atoms with Crippen LogP contribution in [0.2, 0.25) is 0 Å². The molecule has 3 heterocycles. The average Bonchev–Trinajstić information content (AvgIpc) is 3.89. The van der Waals surface area contributed by atoms with Gasteiger partial charge in [-0.2, -0.15) is 0 Å². The third kappa shape index (κ3) is 5.15. The minimum absolute atomic E-state index is 0.573. The molecule has 0 radical (unpaired) electrons. The van der Waals surface area contributed by atoms with E-state index in [9.17, 15) is 0 Å². The first kappa shape index (κ1) is 35.0. The van der Waals surface area contributed by atoms with Crippen LogP contribution in [0.1, 0.15) is 0 Å². The summed E-state index contributed by atoms with van der Waals surface area (Å²) in [6.45, 7) is 0. The zero-order valence-corrected chi connectivity index (χ0v) is 34.3. The summed E-state index contributed by atoms with van der Waals surface area (Å²) in [6, 6.07) is 73.3. The van der Waals surface area contributed by atoms with Crippen LogP contribution in [0.3, 0.4) is 0 Å². The van der Waals surface area contributed by atoms with Gasteiger partial charge in [-0.05, 0) is 84.9 Å². The van der Waals surface area contributed by atoms with Crippen molar-refractivity contribution in [3.8, 4) is 39.9 Å². The molecule has 64 heavy (non-hydrogen) atoms. The number of fused-ring (bicyclic) bond motifs is 13. The lowest BCUT2D eigenvalue weighted by molar-refractivity contribution is 0.672. The van der Waals surface area contributed by atoms with Gasteiger partial charge in [0.25, 0.3) is 0 Å². The monoisotopic (exact) mass is 814 g/mol. The van der Waals surface area contributed by atoms with Crippen molar-refractivity contribution in [3.63, 3.8) is 0 Å². The van der Waals surface area contributed by atoms with Gasteiger partial charge in [0.2, 0.25) is 0 Å². The van der Waals surface area contributed by atoms with E-state index in [-0.39, 0.29) is 0 Å². The number of furan rings is 1. The molecule has 296 valence electrons. The van der Waals surface area contributed by atoms with E-state index in [0.29, 0.717) is 17.5 Å². The van der Waals surface area contributed by atoms with Gasteiger partial charge < -0.3 is 8.98 Å². The van der Waals surface area contributed by atoms with E-state index in [0.717, 1.165) is 93.1 Å². The molecule has 3 aromatic heterocycles. The second-order valence-electron chi connectivity index (χ2n) is 16.7. The lowest BCUT2D eigenvalue weighted by Crippen LogP contribution is -2.04. The molecule has 0 unspecified atom stereocenters. The van der Waals surface area contributed by atoms with E-state index in [1.165, 1.54) is 26.9 Å². The first-order valence-electron chi connectivity index (χ1n) is 21.7. The second-order valence-corrected chi connectivity index (χ2v) is 16.7. The van der Waals surface area contributed by atoms with Crippen LogP contribution in [0.25, 0.3) is 137 Å². The van der Waals surface area contributed by atoms with Crippen LogP contribution in [0, 0.1) is 0 Å². The van der Waals surface area contributed by atoms with E-state index < -0.39 is 0 Å². The van der Waals surface area contributed by atoms with E-state index >= 15 is 0 Å². The van der Waals surface area contributed by atoms with Crippen molar-refractivity contribution in [2.24, 2.45) is 0 Å². The van der Waals surface area contributed by atoms with Crippen LogP contribution in [-0.4, -0.2) is 19.5 Å². The van der Waals surface area contributed by atoms with Crippen LogP contribution >= 0.6 is 0 Å². The predicted octanol–water partition coefficient (Wildman–Crippen LogP) is 15.6. The molecule has 0 spiro atoms. The summed E-state index contributed by atoms with van der Waals surface area (Å²) in [6.07, 6.45) is 0. The molecule has 14 aromatic rings. The fraction of sp³-hybridized carbons (Fsp3) is 0. The van der Waals surface area contributed by atoms with Gasteiger partial charge >= 0.3 is 0 Å². The average molecular weight is 815 g/mol. The molecule has 5 nitrogen and oxygen atoms in total. The van der Waals surface area contributed by atoms with Crippen molar-refractivity contribution in [2.75, 3.05) is 0 Å². The van der Waals surface area contributed by atoms with Gasteiger partial charge in [0.15, 0.2) is 17.5 Å². The predicted molar refractivity (Wildman–Crippen MR) is 265 cm³/mol.